The van der Waals surface area contributed by atoms with Crippen LogP contribution in [-0.4, -0.2) is 40.9 Å². The van der Waals surface area contributed by atoms with Crippen molar-refractivity contribution >= 4 is 0 Å². The van der Waals surface area contributed by atoms with Crippen molar-refractivity contribution < 1.29 is 10.2 Å². The molecule has 19 heavy (non-hydrogen) atoms. The molecule has 4 unspecified atom stereocenters. The van der Waals surface area contributed by atoms with Gasteiger partial charge in [-0.1, -0.05) is 44.2 Å². The molecule has 0 aromatic heterocycles. The number of piperidine rings is 1. The van der Waals surface area contributed by atoms with Crippen molar-refractivity contribution in [3.05, 3.63) is 35.9 Å². The Kier molecular flexibility index (Phi) is 4.97. The van der Waals surface area contributed by atoms with Gasteiger partial charge in [-0.25, -0.2) is 0 Å². The minimum absolute atomic E-state index is 0.169. The van der Waals surface area contributed by atoms with E-state index in [-0.39, 0.29) is 12.0 Å². The maximum absolute atomic E-state index is 10.3. The Balaban J connectivity index is 1.89. The Morgan fingerprint density at radius 3 is 2.63 bits per heavy atom. The summed E-state index contributed by atoms with van der Waals surface area (Å²) >= 11 is 0. The van der Waals surface area contributed by atoms with Crippen molar-refractivity contribution in [2.45, 2.75) is 32.5 Å². The van der Waals surface area contributed by atoms with E-state index in [4.69, 9.17) is 0 Å². The fraction of sp³-hybridized carbons (Fsp3) is 0.625. The molecule has 3 heteroatoms. The van der Waals surface area contributed by atoms with E-state index in [1.807, 2.05) is 30.3 Å². The van der Waals surface area contributed by atoms with Crippen LogP contribution in [0.15, 0.2) is 30.3 Å². The fourth-order valence-electron chi connectivity index (χ4n) is 2.77. The highest BCUT2D eigenvalue weighted by Gasteiger charge is 2.26. The number of aliphatic hydroxyl groups excluding tert-OH is 2. The van der Waals surface area contributed by atoms with Gasteiger partial charge in [0.05, 0.1) is 12.2 Å². The predicted molar refractivity (Wildman–Crippen MR) is 76.8 cm³/mol. The fourth-order valence-corrected chi connectivity index (χ4v) is 2.77. The monoisotopic (exact) mass is 263 g/mol. The van der Waals surface area contributed by atoms with E-state index < -0.39 is 6.10 Å². The molecule has 1 fully saturated rings. The van der Waals surface area contributed by atoms with Crippen molar-refractivity contribution in [1.29, 1.82) is 0 Å². The maximum Gasteiger partial charge on any atom is 0.0827 e. The van der Waals surface area contributed by atoms with E-state index in [9.17, 15) is 10.2 Å². The van der Waals surface area contributed by atoms with Gasteiger partial charge in [0.2, 0.25) is 0 Å². The molecule has 0 aliphatic carbocycles. The van der Waals surface area contributed by atoms with E-state index in [0.717, 1.165) is 31.6 Å². The molecule has 0 amide bonds. The second-order valence-corrected chi connectivity index (χ2v) is 5.93. The Morgan fingerprint density at radius 2 is 2.00 bits per heavy atom. The van der Waals surface area contributed by atoms with Gasteiger partial charge in [0, 0.05) is 13.1 Å². The molecule has 1 heterocycles. The lowest BCUT2D eigenvalue weighted by Gasteiger charge is -2.36. The third-order valence-electron chi connectivity index (χ3n) is 4.23. The molecule has 4 atom stereocenters. The number of β-amino-alcohol motifs (C(OH)–C–C–N with tert-alkyl or cyclic N) is 1. The number of hydrogen-bond acceptors (Lipinski definition) is 3. The van der Waals surface area contributed by atoms with E-state index in [1.165, 1.54) is 0 Å². The van der Waals surface area contributed by atoms with Crippen LogP contribution >= 0.6 is 0 Å². The third kappa shape index (κ3) is 3.78. The summed E-state index contributed by atoms with van der Waals surface area (Å²) in [6.07, 6.45) is 0.377. The lowest BCUT2D eigenvalue weighted by atomic mass is 9.93. The van der Waals surface area contributed by atoms with Gasteiger partial charge in [-0.05, 0) is 30.4 Å². The molecule has 2 N–H and O–H groups in total. The summed E-state index contributed by atoms with van der Waals surface area (Å²) < 4.78 is 0. The van der Waals surface area contributed by atoms with Crippen LogP contribution in [0.2, 0.25) is 0 Å². The van der Waals surface area contributed by atoms with Crippen molar-refractivity contribution in [2.75, 3.05) is 19.6 Å². The number of benzene rings is 1. The smallest absolute Gasteiger partial charge is 0.0827 e. The second kappa shape index (κ2) is 6.51. The SMILES string of the molecule is CC1CCN(CC(C)C(O)c2ccccc2)CC1O. The van der Waals surface area contributed by atoms with Crippen LogP contribution in [0.1, 0.15) is 31.9 Å². The Hall–Kier alpha value is -0.900. The van der Waals surface area contributed by atoms with Crippen LogP contribution in [0.5, 0.6) is 0 Å². The zero-order chi connectivity index (χ0) is 13.8. The van der Waals surface area contributed by atoms with E-state index >= 15 is 0 Å². The third-order valence-corrected chi connectivity index (χ3v) is 4.23. The van der Waals surface area contributed by atoms with Crippen LogP contribution in [0.25, 0.3) is 0 Å². The van der Waals surface area contributed by atoms with Crippen molar-refractivity contribution in [3.8, 4) is 0 Å². The van der Waals surface area contributed by atoms with E-state index in [1.54, 1.807) is 0 Å². The summed E-state index contributed by atoms with van der Waals surface area (Å²) in [6, 6.07) is 9.81. The molecular formula is C16H25NO2. The Morgan fingerprint density at radius 1 is 1.32 bits per heavy atom. The zero-order valence-corrected chi connectivity index (χ0v) is 11.9. The van der Waals surface area contributed by atoms with Crippen LogP contribution in [0.4, 0.5) is 0 Å². The molecule has 106 valence electrons. The summed E-state index contributed by atoms with van der Waals surface area (Å²) in [5.41, 5.74) is 0.973. The molecular weight excluding hydrogens is 238 g/mol. The van der Waals surface area contributed by atoms with E-state index in [0.29, 0.717) is 5.92 Å². The van der Waals surface area contributed by atoms with Crippen LogP contribution in [0, 0.1) is 11.8 Å². The number of rotatable bonds is 4. The second-order valence-electron chi connectivity index (χ2n) is 5.93. The largest absolute Gasteiger partial charge is 0.392 e. The number of hydrogen-bond donors (Lipinski definition) is 2. The first-order valence-corrected chi connectivity index (χ1v) is 7.21. The minimum Gasteiger partial charge on any atom is -0.392 e. The van der Waals surface area contributed by atoms with Crippen molar-refractivity contribution in [1.82, 2.24) is 4.90 Å². The highest BCUT2D eigenvalue weighted by atomic mass is 16.3. The van der Waals surface area contributed by atoms with Gasteiger partial charge in [0.15, 0.2) is 0 Å². The zero-order valence-electron chi connectivity index (χ0n) is 11.9. The number of nitrogens with zero attached hydrogens (tertiary/aromatic N) is 1. The molecule has 1 aromatic carbocycles. The number of aliphatic hydroxyl groups is 2. The molecule has 3 nitrogen and oxygen atoms in total. The normalized spacial score (nSPS) is 28.0. The molecule has 0 radical (unpaired) electrons. The van der Waals surface area contributed by atoms with Gasteiger partial charge in [0.25, 0.3) is 0 Å². The lowest BCUT2D eigenvalue weighted by Crippen LogP contribution is -2.45. The molecule has 1 aliphatic rings. The molecule has 0 spiro atoms. The molecule has 0 bridgehead atoms. The van der Waals surface area contributed by atoms with Gasteiger partial charge in [-0.3, -0.25) is 0 Å². The molecule has 2 rings (SSSR count). The average molecular weight is 263 g/mol. The van der Waals surface area contributed by atoms with Crippen molar-refractivity contribution in [2.24, 2.45) is 11.8 Å². The van der Waals surface area contributed by atoms with Gasteiger partial charge in [-0.15, -0.1) is 0 Å². The lowest BCUT2D eigenvalue weighted by molar-refractivity contribution is 0.00952. The first-order chi connectivity index (χ1) is 9.08. The summed E-state index contributed by atoms with van der Waals surface area (Å²) in [6.45, 7) is 6.75. The standard InChI is InChI=1S/C16H25NO2/c1-12-8-9-17(11-15(12)18)10-13(2)16(19)14-6-4-3-5-7-14/h3-7,12-13,15-16,18-19H,8-11H2,1-2H3. The van der Waals surface area contributed by atoms with Gasteiger partial charge in [-0.2, -0.15) is 0 Å². The average Bonchev–Trinajstić information content (AvgIpc) is 2.43. The van der Waals surface area contributed by atoms with Gasteiger partial charge in [0.1, 0.15) is 0 Å². The van der Waals surface area contributed by atoms with Crippen molar-refractivity contribution in [3.63, 3.8) is 0 Å². The summed E-state index contributed by atoms with van der Waals surface area (Å²) in [7, 11) is 0. The Labute approximate surface area is 115 Å². The first-order valence-electron chi connectivity index (χ1n) is 7.21. The van der Waals surface area contributed by atoms with Gasteiger partial charge < -0.3 is 15.1 Å². The van der Waals surface area contributed by atoms with E-state index in [2.05, 4.69) is 18.7 Å². The number of likely N-dealkylation sites (tertiary alicyclic amines) is 1. The quantitative estimate of drug-likeness (QED) is 0.874. The Bertz CT molecular complexity index is 382. The van der Waals surface area contributed by atoms with Crippen LogP contribution in [-0.2, 0) is 0 Å². The highest BCUT2D eigenvalue weighted by molar-refractivity contribution is 5.17. The van der Waals surface area contributed by atoms with Gasteiger partial charge >= 0.3 is 0 Å². The maximum atomic E-state index is 10.3. The molecule has 1 aliphatic heterocycles. The van der Waals surface area contributed by atoms with Crippen LogP contribution in [0.3, 0.4) is 0 Å². The highest BCUT2D eigenvalue weighted by Crippen LogP contribution is 2.24. The first kappa shape index (κ1) is 14.5. The minimum atomic E-state index is -0.433. The molecule has 0 saturated carbocycles. The summed E-state index contributed by atoms with van der Waals surface area (Å²) in [5.74, 6) is 0.564. The molecule has 1 saturated heterocycles. The summed E-state index contributed by atoms with van der Waals surface area (Å²) in [5, 5.41) is 20.3. The summed E-state index contributed by atoms with van der Waals surface area (Å²) in [4.78, 5) is 2.27. The molecule has 1 aromatic rings. The predicted octanol–water partition coefficient (Wildman–Crippen LogP) is 2.06. The van der Waals surface area contributed by atoms with Crippen LogP contribution < -0.4 is 0 Å². The topological polar surface area (TPSA) is 43.7 Å².